The van der Waals surface area contributed by atoms with E-state index < -0.39 is 0 Å². The number of hydrogen-bond donors (Lipinski definition) is 1. The van der Waals surface area contributed by atoms with Gasteiger partial charge in [0.1, 0.15) is 0 Å². The number of hydrogen-bond acceptors (Lipinski definition) is 4. The van der Waals surface area contributed by atoms with Gasteiger partial charge in [0.05, 0.1) is 17.2 Å². The molecule has 0 saturated carbocycles. The molecule has 0 saturated heterocycles. The molecule has 4 nitrogen and oxygen atoms in total. The van der Waals surface area contributed by atoms with Crippen LogP contribution in [0.3, 0.4) is 0 Å². The van der Waals surface area contributed by atoms with E-state index in [0.29, 0.717) is 31.3 Å². The lowest BCUT2D eigenvalue weighted by atomic mass is 9.88. The van der Waals surface area contributed by atoms with Gasteiger partial charge in [0.25, 0.3) is 0 Å². The van der Waals surface area contributed by atoms with Crippen LogP contribution >= 0.6 is 11.3 Å². The molecule has 0 spiro atoms. The van der Waals surface area contributed by atoms with Crippen LogP contribution in [-0.2, 0) is 11.3 Å². The first-order valence-corrected chi connectivity index (χ1v) is 8.17. The van der Waals surface area contributed by atoms with Crippen LogP contribution < -0.4 is 5.73 Å². The number of carbonyl (C=O) groups is 1. The topological polar surface area (TPSA) is 59.2 Å². The molecule has 1 unspecified atom stereocenters. The van der Waals surface area contributed by atoms with Crippen LogP contribution in [0.25, 0.3) is 0 Å². The molecule has 5 heteroatoms. The van der Waals surface area contributed by atoms with Crippen molar-refractivity contribution >= 4 is 17.2 Å². The molecule has 1 rings (SSSR count). The molecule has 20 heavy (non-hydrogen) atoms. The van der Waals surface area contributed by atoms with Crippen molar-refractivity contribution in [2.45, 2.75) is 46.6 Å². The molecule has 0 aromatic carbocycles. The Morgan fingerprint density at radius 2 is 2.15 bits per heavy atom. The summed E-state index contributed by atoms with van der Waals surface area (Å²) in [4.78, 5) is 18.3. The van der Waals surface area contributed by atoms with E-state index in [1.165, 1.54) is 0 Å². The van der Waals surface area contributed by atoms with E-state index in [1.54, 1.807) is 16.2 Å². The van der Waals surface area contributed by atoms with Gasteiger partial charge in [0.2, 0.25) is 5.91 Å². The lowest BCUT2D eigenvalue weighted by Crippen LogP contribution is -2.27. The number of aromatic nitrogens is 1. The van der Waals surface area contributed by atoms with E-state index in [0.717, 1.165) is 23.5 Å². The number of thiazole rings is 1. The van der Waals surface area contributed by atoms with E-state index in [4.69, 9.17) is 5.73 Å². The fraction of sp³-hybridized carbons (Fsp3) is 0.733. The molecule has 2 N–H and O–H groups in total. The Morgan fingerprint density at radius 3 is 2.65 bits per heavy atom. The quantitative estimate of drug-likeness (QED) is 0.802. The van der Waals surface area contributed by atoms with Gasteiger partial charge in [-0.2, -0.15) is 0 Å². The van der Waals surface area contributed by atoms with Crippen molar-refractivity contribution in [2.24, 2.45) is 17.6 Å². The van der Waals surface area contributed by atoms with E-state index in [2.05, 4.69) is 18.8 Å². The second kappa shape index (κ2) is 8.37. The lowest BCUT2D eigenvalue weighted by Gasteiger charge is -2.22. The maximum atomic E-state index is 12.2. The molecular weight excluding hydrogens is 270 g/mol. The minimum Gasteiger partial charge on any atom is -0.340 e. The smallest absolute Gasteiger partial charge is 0.222 e. The highest BCUT2D eigenvalue weighted by Gasteiger charge is 2.16. The van der Waals surface area contributed by atoms with Crippen molar-refractivity contribution in [3.63, 3.8) is 0 Å². The SMILES string of the molecule is Cc1nc(CN(C)C(=O)CCC(CCN)C(C)C)cs1. The second-order valence-corrected chi connectivity index (χ2v) is 6.79. The van der Waals surface area contributed by atoms with Gasteiger partial charge in [-0.25, -0.2) is 4.98 Å². The Bertz CT molecular complexity index is 417. The molecule has 1 heterocycles. The zero-order valence-electron chi connectivity index (χ0n) is 13.1. The van der Waals surface area contributed by atoms with Crippen molar-refractivity contribution in [3.8, 4) is 0 Å². The molecule has 114 valence electrons. The second-order valence-electron chi connectivity index (χ2n) is 5.73. The molecule has 1 aromatic rings. The van der Waals surface area contributed by atoms with Crippen LogP contribution in [0.1, 0.15) is 43.8 Å². The van der Waals surface area contributed by atoms with Gasteiger partial charge >= 0.3 is 0 Å². The van der Waals surface area contributed by atoms with Crippen LogP contribution in [0.5, 0.6) is 0 Å². The monoisotopic (exact) mass is 297 g/mol. The molecule has 0 bridgehead atoms. The van der Waals surface area contributed by atoms with Crippen molar-refractivity contribution in [2.75, 3.05) is 13.6 Å². The Balaban J connectivity index is 2.41. The first-order valence-electron chi connectivity index (χ1n) is 7.29. The fourth-order valence-electron chi connectivity index (χ4n) is 2.34. The molecule has 1 aromatic heterocycles. The van der Waals surface area contributed by atoms with Gasteiger partial charge in [-0.3, -0.25) is 4.79 Å². The van der Waals surface area contributed by atoms with Gasteiger partial charge in [-0.05, 0) is 38.1 Å². The summed E-state index contributed by atoms with van der Waals surface area (Å²) in [6.45, 7) is 7.69. The van der Waals surface area contributed by atoms with Gasteiger partial charge in [0.15, 0.2) is 0 Å². The molecule has 1 amide bonds. The van der Waals surface area contributed by atoms with E-state index in [1.807, 2.05) is 19.4 Å². The zero-order valence-corrected chi connectivity index (χ0v) is 13.9. The molecule has 0 fully saturated rings. The van der Waals surface area contributed by atoms with Crippen LogP contribution in [-0.4, -0.2) is 29.4 Å². The molecule has 0 radical (unpaired) electrons. The third-order valence-electron chi connectivity index (χ3n) is 3.70. The summed E-state index contributed by atoms with van der Waals surface area (Å²) in [6.07, 6.45) is 2.52. The van der Waals surface area contributed by atoms with Crippen molar-refractivity contribution < 1.29 is 4.79 Å². The Morgan fingerprint density at radius 1 is 1.45 bits per heavy atom. The lowest BCUT2D eigenvalue weighted by molar-refractivity contribution is -0.130. The molecule has 0 aliphatic heterocycles. The predicted octanol–water partition coefficient (Wildman–Crippen LogP) is 2.81. The van der Waals surface area contributed by atoms with Crippen LogP contribution in [0, 0.1) is 18.8 Å². The van der Waals surface area contributed by atoms with Gasteiger partial charge in [-0.1, -0.05) is 13.8 Å². The molecule has 0 aliphatic carbocycles. The van der Waals surface area contributed by atoms with Crippen molar-refractivity contribution in [3.05, 3.63) is 16.1 Å². The number of nitrogens with two attached hydrogens (primary N) is 1. The van der Waals surface area contributed by atoms with Crippen LogP contribution in [0.15, 0.2) is 5.38 Å². The van der Waals surface area contributed by atoms with Crippen LogP contribution in [0.4, 0.5) is 0 Å². The third-order valence-corrected chi connectivity index (χ3v) is 4.52. The maximum absolute atomic E-state index is 12.2. The summed E-state index contributed by atoms with van der Waals surface area (Å²) < 4.78 is 0. The summed E-state index contributed by atoms with van der Waals surface area (Å²) in [7, 11) is 1.85. The standard InChI is InChI=1S/C15H27N3OS/c1-11(2)13(7-8-16)5-6-15(19)18(4)9-14-10-20-12(3)17-14/h10-11,13H,5-9,16H2,1-4H3. The Labute approximate surface area is 126 Å². The average Bonchev–Trinajstić information content (AvgIpc) is 2.79. The number of aryl methyl sites for hydroxylation is 1. The first-order chi connectivity index (χ1) is 9.43. The molecule has 0 aliphatic rings. The Hall–Kier alpha value is -0.940. The third kappa shape index (κ3) is 5.59. The predicted molar refractivity (Wildman–Crippen MR) is 84.6 cm³/mol. The number of nitrogens with zero attached hydrogens (tertiary/aromatic N) is 2. The van der Waals surface area contributed by atoms with E-state index in [-0.39, 0.29) is 5.91 Å². The highest BCUT2D eigenvalue weighted by Crippen LogP contribution is 2.21. The number of amides is 1. The van der Waals surface area contributed by atoms with Gasteiger partial charge in [0, 0.05) is 18.8 Å². The number of rotatable bonds is 8. The van der Waals surface area contributed by atoms with Crippen LogP contribution in [0.2, 0.25) is 0 Å². The summed E-state index contributed by atoms with van der Waals surface area (Å²) in [5, 5.41) is 3.06. The van der Waals surface area contributed by atoms with Crippen molar-refractivity contribution in [1.82, 2.24) is 9.88 Å². The molecular formula is C15H27N3OS. The Kier molecular flexibility index (Phi) is 7.16. The normalized spacial score (nSPS) is 12.7. The minimum atomic E-state index is 0.193. The zero-order chi connectivity index (χ0) is 15.1. The highest BCUT2D eigenvalue weighted by molar-refractivity contribution is 7.09. The largest absolute Gasteiger partial charge is 0.340 e. The minimum absolute atomic E-state index is 0.193. The van der Waals surface area contributed by atoms with Gasteiger partial charge < -0.3 is 10.6 Å². The first kappa shape index (κ1) is 17.1. The number of carbonyl (C=O) groups excluding carboxylic acids is 1. The maximum Gasteiger partial charge on any atom is 0.222 e. The molecule has 1 atom stereocenters. The fourth-order valence-corrected chi connectivity index (χ4v) is 2.94. The van der Waals surface area contributed by atoms with E-state index >= 15 is 0 Å². The van der Waals surface area contributed by atoms with Crippen molar-refractivity contribution in [1.29, 1.82) is 0 Å². The van der Waals surface area contributed by atoms with Gasteiger partial charge in [-0.15, -0.1) is 11.3 Å². The summed E-state index contributed by atoms with van der Waals surface area (Å²) in [5.74, 6) is 1.31. The summed E-state index contributed by atoms with van der Waals surface area (Å²) in [5.41, 5.74) is 6.61. The average molecular weight is 297 g/mol. The van der Waals surface area contributed by atoms with E-state index in [9.17, 15) is 4.79 Å². The summed E-state index contributed by atoms with van der Waals surface area (Å²) in [6, 6.07) is 0. The highest BCUT2D eigenvalue weighted by atomic mass is 32.1. The summed E-state index contributed by atoms with van der Waals surface area (Å²) >= 11 is 1.62.